The maximum atomic E-state index is 12.2. The first-order valence-corrected chi connectivity index (χ1v) is 7.52. The van der Waals surface area contributed by atoms with Crippen LogP contribution in [0.2, 0.25) is 0 Å². The van der Waals surface area contributed by atoms with Crippen LogP contribution in [0.15, 0.2) is 21.3 Å². The summed E-state index contributed by atoms with van der Waals surface area (Å²) in [5.41, 5.74) is 0.844. The number of phenolic OH excluding ortho intramolecular Hbond substituents is 1. The predicted molar refractivity (Wildman–Crippen MR) is 87.2 cm³/mol. The zero-order valence-electron chi connectivity index (χ0n) is 13.7. The minimum absolute atomic E-state index is 0.0371. The third-order valence-corrected chi connectivity index (χ3v) is 3.88. The van der Waals surface area contributed by atoms with Gasteiger partial charge in [-0.2, -0.15) is 0 Å². The molecule has 2 aromatic rings. The summed E-state index contributed by atoms with van der Waals surface area (Å²) in [6, 6.07) is 2.16. The fourth-order valence-electron chi connectivity index (χ4n) is 2.61. The van der Waals surface area contributed by atoms with Gasteiger partial charge < -0.3 is 19.9 Å². The van der Waals surface area contributed by atoms with Gasteiger partial charge in [0.15, 0.2) is 0 Å². The van der Waals surface area contributed by atoms with Crippen LogP contribution >= 0.6 is 0 Å². The van der Waals surface area contributed by atoms with Gasteiger partial charge in [-0.1, -0.05) is 6.92 Å². The number of carbonyl (C=O) groups excluding carboxylic acids is 1. The molecule has 0 aliphatic rings. The molecule has 0 saturated carbocycles. The number of rotatable bonds is 5. The maximum absolute atomic E-state index is 12.2. The Kier molecular flexibility index (Phi) is 4.92. The molecule has 0 bridgehead atoms. The number of hydrogen-bond donors (Lipinski definition) is 3. The van der Waals surface area contributed by atoms with Gasteiger partial charge in [-0.3, -0.25) is 4.79 Å². The summed E-state index contributed by atoms with van der Waals surface area (Å²) >= 11 is 0. The van der Waals surface area contributed by atoms with Crippen LogP contribution in [0.4, 0.5) is 0 Å². The fourth-order valence-corrected chi connectivity index (χ4v) is 2.61. The van der Waals surface area contributed by atoms with Crippen molar-refractivity contribution in [3.63, 3.8) is 0 Å². The molecule has 1 heterocycles. The van der Waals surface area contributed by atoms with Crippen LogP contribution in [0.5, 0.6) is 5.75 Å². The quantitative estimate of drug-likeness (QED) is 0.716. The highest BCUT2D eigenvalue weighted by atomic mass is 16.4. The summed E-state index contributed by atoms with van der Waals surface area (Å²) in [6.07, 6.45) is -0.0896. The van der Waals surface area contributed by atoms with E-state index in [1.807, 2.05) is 0 Å². The van der Waals surface area contributed by atoms with Crippen LogP contribution in [-0.2, 0) is 16.0 Å². The Morgan fingerprint density at radius 1 is 1.29 bits per heavy atom. The van der Waals surface area contributed by atoms with Gasteiger partial charge in [0, 0.05) is 0 Å². The lowest BCUT2D eigenvalue weighted by atomic mass is 10.0. The van der Waals surface area contributed by atoms with Gasteiger partial charge in [-0.05, 0) is 43.5 Å². The number of carboxylic acid groups (broad SMARTS) is 1. The van der Waals surface area contributed by atoms with Gasteiger partial charge in [-0.25, -0.2) is 9.59 Å². The summed E-state index contributed by atoms with van der Waals surface area (Å²) in [7, 11) is 0. The highest BCUT2D eigenvalue weighted by molar-refractivity contribution is 5.90. The van der Waals surface area contributed by atoms with E-state index in [0.29, 0.717) is 10.9 Å². The largest absolute Gasteiger partial charge is 0.507 e. The van der Waals surface area contributed by atoms with E-state index in [9.17, 15) is 19.5 Å². The van der Waals surface area contributed by atoms with Crippen molar-refractivity contribution >= 4 is 22.8 Å². The molecule has 0 aliphatic carbocycles. The summed E-state index contributed by atoms with van der Waals surface area (Å²) in [5.74, 6) is -1.77. The number of nitrogens with one attached hydrogen (secondary N) is 1. The Balaban J connectivity index is 2.41. The molecule has 24 heavy (non-hydrogen) atoms. The average Bonchev–Trinajstić information content (AvgIpc) is 2.47. The zero-order chi connectivity index (χ0) is 18.0. The SMILES string of the molecule is CCC(NC(=O)Cc1c(C)c2c(O)cc(C)cc2oc1=O)C(=O)O. The number of carboxylic acids is 1. The number of phenols is 1. The van der Waals surface area contributed by atoms with Crippen LogP contribution in [0.25, 0.3) is 11.0 Å². The molecule has 1 aromatic heterocycles. The predicted octanol–water partition coefficient (Wildman–Crippen LogP) is 1.64. The monoisotopic (exact) mass is 333 g/mol. The number of aryl methyl sites for hydroxylation is 2. The van der Waals surface area contributed by atoms with Crippen molar-refractivity contribution in [1.82, 2.24) is 5.32 Å². The molecule has 3 N–H and O–H groups in total. The van der Waals surface area contributed by atoms with E-state index in [0.717, 1.165) is 5.56 Å². The summed E-state index contributed by atoms with van der Waals surface area (Å²) in [5, 5.41) is 21.8. The third kappa shape index (κ3) is 3.40. The molecule has 0 fully saturated rings. The number of aromatic hydroxyl groups is 1. The smallest absolute Gasteiger partial charge is 0.340 e. The van der Waals surface area contributed by atoms with Crippen molar-refractivity contribution in [1.29, 1.82) is 0 Å². The standard InChI is InChI=1S/C17H19NO6/c1-4-11(16(21)22)18-14(20)7-10-9(3)15-12(19)5-8(2)6-13(15)24-17(10)23/h5-6,11,19H,4,7H2,1-3H3,(H,18,20)(H,21,22). The number of benzene rings is 1. The first-order chi connectivity index (χ1) is 11.2. The highest BCUT2D eigenvalue weighted by Crippen LogP contribution is 2.29. The number of carbonyl (C=O) groups is 2. The topological polar surface area (TPSA) is 117 Å². The Morgan fingerprint density at radius 3 is 2.54 bits per heavy atom. The van der Waals surface area contributed by atoms with Crippen molar-refractivity contribution in [2.75, 3.05) is 0 Å². The van der Waals surface area contributed by atoms with Crippen molar-refractivity contribution in [2.24, 2.45) is 0 Å². The minimum Gasteiger partial charge on any atom is -0.507 e. The van der Waals surface area contributed by atoms with E-state index >= 15 is 0 Å². The van der Waals surface area contributed by atoms with Gasteiger partial charge in [0.1, 0.15) is 17.4 Å². The minimum atomic E-state index is -1.14. The molecule has 1 unspecified atom stereocenters. The number of amides is 1. The summed E-state index contributed by atoms with van der Waals surface area (Å²) in [4.78, 5) is 35.2. The molecule has 7 heteroatoms. The van der Waals surface area contributed by atoms with Gasteiger partial charge in [0.2, 0.25) is 5.91 Å². The van der Waals surface area contributed by atoms with E-state index < -0.39 is 23.5 Å². The average molecular weight is 333 g/mol. The Bertz CT molecular complexity index is 867. The molecule has 7 nitrogen and oxygen atoms in total. The second kappa shape index (κ2) is 6.74. The number of aliphatic carboxylic acids is 1. The van der Waals surface area contributed by atoms with E-state index in [1.54, 1.807) is 26.8 Å². The molecule has 1 aromatic carbocycles. The molecule has 0 spiro atoms. The van der Waals surface area contributed by atoms with Crippen LogP contribution in [0.3, 0.4) is 0 Å². The van der Waals surface area contributed by atoms with Crippen molar-refractivity contribution in [2.45, 2.75) is 39.7 Å². The fraction of sp³-hybridized carbons (Fsp3) is 0.353. The maximum Gasteiger partial charge on any atom is 0.340 e. The number of hydrogen-bond acceptors (Lipinski definition) is 5. The molecule has 2 rings (SSSR count). The second-order valence-electron chi connectivity index (χ2n) is 5.69. The Labute approximate surface area is 137 Å². The molecular weight excluding hydrogens is 314 g/mol. The normalized spacial score (nSPS) is 12.1. The van der Waals surface area contributed by atoms with Crippen molar-refractivity contribution in [3.8, 4) is 5.75 Å². The third-order valence-electron chi connectivity index (χ3n) is 3.88. The Hall–Kier alpha value is -2.83. The van der Waals surface area contributed by atoms with Gasteiger partial charge in [0.25, 0.3) is 0 Å². The lowest BCUT2D eigenvalue weighted by Gasteiger charge is -2.13. The van der Waals surface area contributed by atoms with E-state index in [-0.39, 0.29) is 29.7 Å². The Morgan fingerprint density at radius 2 is 1.96 bits per heavy atom. The molecule has 1 atom stereocenters. The summed E-state index contributed by atoms with van der Waals surface area (Å²) in [6.45, 7) is 5.01. The van der Waals surface area contributed by atoms with Gasteiger partial charge >= 0.3 is 11.6 Å². The zero-order valence-corrected chi connectivity index (χ0v) is 13.7. The van der Waals surface area contributed by atoms with E-state index in [1.165, 1.54) is 6.07 Å². The second-order valence-corrected chi connectivity index (χ2v) is 5.69. The molecule has 1 amide bonds. The van der Waals surface area contributed by atoms with Crippen LogP contribution in [-0.4, -0.2) is 28.1 Å². The van der Waals surface area contributed by atoms with E-state index in [2.05, 4.69) is 5.32 Å². The van der Waals surface area contributed by atoms with Crippen LogP contribution in [0, 0.1) is 13.8 Å². The van der Waals surface area contributed by atoms with Crippen molar-refractivity contribution in [3.05, 3.63) is 39.2 Å². The van der Waals surface area contributed by atoms with Gasteiger partial charge in [0.05, 0.1) is 17.4 Å². The first kappa shape index (κ1) is 17.5. The van der Waals surface area contributed by atoms with E-state index in [4.69, 9.17) is 9.52 Å². The molecule has 0 radical (unpaired) electrons. The molecule has 0 saturated heterocycles. The van der Waals surface area contributed by atoms with Crippen LogP contribution < -0.4 is 10.9 Å². The molecule has 128 valence electrons. The highest BCUT2D eigenvalue weighted by Gasteiger charge is 2.21. The molecular formula is C17H19NO6. The van der Waals surface area contributed by atoms with Gasteiger partial charge in [-0.15, -0.1) is 0 Å². The van der Waals surface area contributed by atoms with Crippen LogP contribution in [0.1, 0.15) is 30.0 Å². The van der Waals surface area contributed by atoms with Crippen molar-refractivity contribution < 1.29 is 24.2 Å². The molecule has 0 aliphatic heterocycles. The first-order valence-electron chi connectivity index (χ1n) is 7.52. The lowest BCUT2D eigenvalue weighted by Crippen LogP contribution is -2.41. The summed E-state index contributed by atoms with van der Waals surface area (Å²) < 4.78 is 5.20. The number of fused-ring (bicyclic) bond motifs is 1. The lowest BCUT2D eigenvalue weighted by molar-refractivity contribution is -0.141.